The van der Waals surface area contributed by atoms with Crippen LogP contribution in [0.4, 0.5) is 11.4 Å². The van der Waals surface area contributed by atoms with Crippen LogP contribution in [0.3, 0.4) is 0 Å². The molecule has 0 radical (unpaired) electrons. The maximum Gasteiger partial charge on any atom is 0.273 e. The standard InChI is InChI=1S/C13H17N3O4/c1-20-12-8-9(16(18)19)5-6-10(12)15-13(17)11-4-2-3-7-14-11/h5-6,8,11,14H,2-4,7H2,1H3,(H,15,17)/t11-/m0/s1. The molecule has 1 saturated heterocycles. The molecule has 7 nitrogen and oxygen atoms in total. The predicted molar refractivity (Wildman–Crippen MR) is 73.9 cm³/mol. The number of non-ortho nitro benzene ring substituents is 1. The van der Waals surface area contributed by atoms with E-state index in [1.165, 1.54) is 25.3 Å². The second kappa shape index (κ2) is 6.33. The molecule has 0 saturated carbocycles. The first-order chi connectivity index (χ1) is 9.61. The number of nitrogens with one attached hydrogen (secondary N) is 2. The average molecular weight is 279 g/mol. The maximum absolute atomic E-state index is 12.1. The van der Waals surface area contributed by atoms with Gasteiger partial charge in [-0.2, -0.15) is 0 Å². The topological polar surface area (TPSA) is 93.5 Å². The predicted octanol–water partition coefficient (Wildman–Crippen LogP) is 1.68. The van der Waals surface area contributed by atoms with Crippen LogP contribution in [0.2, 0.25) is 0 Å². The number of nitro benzene ring substituents is 1. The first kappa shape index (κ1) is 14.3. The molecule has 108 valence electrons. The Morgan fingerprint density at radius 2 is 2.30 bits per heavy atom. The zero-order valence-electron chi connectivity index (χ0n) is 11.2. The number of piperidine rings is 1. The number of hydrogen-bond donors (Lipinski definition) is 2. The summed E-state index contributed by atoms with van der Waals surface area (Å²) in [6.07, 6.45) is 2.88. The van der Waals surface area contributed by atoms with Crippen molar-refractivity contribution in [2.75, 3.05) is 19.0 Å². The Bertz CT molecular complexity index is 512. The van der Waals surface area contributed by atoms with E-state index >= 15 is 0 Å². The van der Waals surface area contributed by atoms with E-state index in [9.17, 15) is 14.9 Å². The summed E-state index contributed by atoms with van der Waals surface area (Å²) in [6, 6.07) is 3.90. The zero-order chi connectivity index (χ0) is 14.5. The van der Waals surface area contributed by atoms with Crippen molar-refractivity contribution in [2.45, 2.75) is 25.3 Å². The van der Waals surface area contributed by atoms with Gasteiger partial charge in [-0.25, -0.2) is 0 Å². The Balaban J connectivity index is 2.11. The van der Waals surface area contributed by atoms with Crippen molar-refractivity contribution in [2.24, 2.45) is 0 Å². The van der Waals surface area contributed by atoms with Crippen LogP contribution in [-0.4, -0.2) is 30.5 Å². The number of amides is 1. The van der Waals surface area contributed by atoms with Gasteiger partial charge in [-0.05, 0) is 25.5 Å². The van der Waals surface area contributed by atoms with Gasteiger partial charge in [0.15, 0.2) is 0 Å². The lowest BCUT2D eigenvalue weighted by Crippen LogP contribution is -2.43. The fourth-order valence-electron chi connectivity index (χ4n) is 2.19. The number of rotatable bonds is 4. The largest absolute Gasteiger partial charge is 0.494 e. The number of nitrogens with zero attached hydrogens (tertiary/aromatic N) is 1. The molecule has 0 unspecified atom stereocenters. The van der Waals surface area contributed by atoms with Crippen LogP contribution in [-0.2, 0) is 4.79 Å². The second-order valence-electron chi connectivity index (χ2n) is 4.63. The van der Waals surface area contributed by atoms with Crippen molar-refractivity contribution in [1.29, 1.82) is 0 Å². The number of benzene rings is 1. The molecule has 1 aliphatic heterocycles. The van der Waals surface area contributed by atoms with Gasteiger partial charge in [-0.1, -0.05) is 6.42 Å². The molecule has 1 heterocycles. The van der Waals surface area contributed by atoms with Crippen molar-refractivity contribution in [3.05, 3.63) is 28.3 Å². The lowest BCUT2D eigenvalue weighted by molar-refractivity contribution is -0.384. The van der Waals surface area contributed by atoms with E-state index in [4.69, 9.17) is 4.74 Å². The van der Waals surface area contributed by atoms with E-state index in [-0.39, 0.29) is 23.4 Å². The van der Waals surface area contributed by atoms with Crippen LogP contribution in [0.1, 0.15) is 19.3 Å². The maximum atomic E-state index is 12.1. The number of ether oxygens (including phenoxy) is 1. The van der Waals surface area contributed by atoms with E-state index < -0.39 is 4.92 Å². The monoisotopic (exact) mass is 279 g/mol. The highest BCUT2D eigenvalue weighted by atomic mass is 16.6. The molecule has 0 aromatic heterocycles. The van der Waals surface area contributed by atoms with Crippen LogP contribution in [0, 0.1) is 10.1 Å². The third-order valence-electron chi connectivity index (χ3n) is 3.28. The van der Waals surface area contributed by atoms with E-state index in [1.807, 2.05) is 0 Å². The number of carbonyl (C=O) groups excluding carboxylic acids is 1. The first-order valence-corrected chi connectivity index (χ1v) is 6.48. The van der Waals surface area contributed by atoms with Gasteiger partial charge in [-0.3, -0.25) is 14.9 Å². The van der Waals surface area contributed by atoms with E-state index in [0.29, 0.717) is 5.69 Å². The highest BCUT2D eigenvalue weighted by molar-refractivity contribution is 5.96. The van der Waals surface area contributed by atoms with Gasteiger partial charge >= 0.3 is 0 Å². The minimum atomic E-state index is -0.503. The third kappa shape index (κ3) is 3.24. The Morgan fingerprint density at radius 3 is 2.90 bits per heavy atom. The summed E-state index contributed by atoms with van der Waals surface area (Å²) in [6.45, 7) is 0.829. The fraction of sp³-hybridized carbons (Fsp3) is 0.462. The SMILES string of the molecule is COc1cc([N+](=O)[O-])ccc1NC(=O)[C@@H]1CCCCN1. The molecule has 0 spiro atoms. The van der Waals surface area contributed by atoms with Crippen molar-refractivity contribution < 1.29 is 14.5 Å². The molecule has 2 rings (SSSR count). The van der Waals surface area contributed by atoms with E-state index in [1.54, 1.807) is 0 Å². The number of carbonyl (C=O) groups is 1. The van der Waals surface area contributed by atoms with Gasteiger partial charge in [0.2, 0.25) is 5.91 Å². The molecule has 1 aliphatic rings. The summed E-state index contributed by atoms with van der Waals surface area (Å²) < 4.78 is 5.08. The third-order valence-corrected chi connectivity index (χ3v) is 3.28. The first-order valence-electron chi connectivity index (χ1n) is 6.48. The highest BCUT2D eigenvalue weighted by Crippen LogP contribution is 2.29. The fourth-order valence-corrected chi connectivity index (χ4v) is 2.19. The van der Waals surface area contributed by atoms with Crippen molar-refractivity contribution in [3.63, 3.8) is 0 Å². The van der Waals surface area contributed by atoms with Crippen LogP contribution in [0.5, 0.6) is 5.75 Å². The minimum absolute atomic E-state index is 0.0735. The number of anilines is 1. The molecule has 1 atom stereocenters. The molecule has 1 aromatic carbocycles. The summed E-state index contributed by atoms with van der Waals surface area (Å²) >= 11 is 0. The molecule has 1 fully saturated rings. The smallest absolute Gasteiger partial charge is 0.273 e. The zero-order valence-corrected chi connectivity index (χ0v) is 11.2. The summed E-state index contributed by atoms with van der Waals surface area (Å²) in [5.41, 5.74) is 0.367. The molecule has 0 aliphatic carbocycles. The molecular weight excluding hydrogens is 262 g/mol. The molecule has 2 N–H and O–H groups in total. The number of hydrogen-bond acceptors (Lipinski definition) is 5. The van der Waals surface area contributed by atoms with E-state index in [0.717, 1.165) is 25.8 Å². The molecule has 0 bridgehead atoms. The summed E-state index contributed by atoms with van der Waals surface area (Å²) in [7, 11) is 1.41. The molecule has 1 amide bonds. The quantitative estimate of drug-likeness (QED) is 0.646. The van der Waals surface area contributed by atoms with Gasteiger partial charge in [-0.15, -0.1) is 0 Å². The lowest BCUT2D eigenvalue weighted by atomic mass is 10.0. The summed E-state index contributed by atoms with van der Waals surface area (Å²) in [4.78, 5) is 22.3. The van der Waals surface area contributed by atoms with Crippen molar-refractivity contribution in [3.8, 4) is 5.75 Å². The Morgan fingerprint density at radius 1 is 1.50 bits per heavy atom. The Labute approximate surface area is 116 Å². The van der Waals surface area contributed by atoms with Crippen LogP contribution in [0.15, 0.2) is 18.2 Å². The van der Waals surface area contributed by atoms with E-state index in [2.05, 4.69) is 10.6 Å². The average Bonchev–Trinajstić information content (AvgIpc) is 2.48. The Hall–Kier alpha value is -2.15. The van der Waals surface area contributed by atoms with Gasteiger partial charge in [0, 0.05) is 6.07 Å². The molecule has 20 heavy (non-hydrogen) atoms. The highest BCUT2D eigenvalue weighted by Gasteiger charge is 2.22. The van der Waals surface area contributed by atoms with Crippen LogP contribution >= 0.6 is 0 Å². The van der Waals surface area contributed by atoms with Gasteiger partial charge < -0.3 is 15.4 Å². The number of nitro groups is 1. The molecule has 7 heteroatoms. The van der Waals surface area contributed by atoms with Gasteiger partial charge in [0.05, 0.1) is 29.8 Å². The van der Waals surface area contributed by atoms with Crippen molar-refractivity contribution in [1.82, 2.24) is 5.32 Å². The Kier molecular flexibility index (Phi) is 4.52. The minimum Gasteiger partial charge on any atom is -0.494 e. The summed E-state index contributed by atoms with van der Waals surface area (Å²) in [5, 5.41) is 16.6. The van der Waals surface area contributed by atoms with Crippen LogP contribution in [0.25, 0.3) is 0 Å². The summed E-state index contributed by atoms with van der Waals surface area (Å²) in [5.74, 6) is 0.139. The molecule has 1 aromatic rings. The van der Waals surface area contributed by atoms with Crippen LogP contribution < -0.4 is 15.4 Å². The van der Waals surface area contributed by atoms with Crippen molar-refractivity contribution >= 4 is 17.3 Å². The second-order valence-corrected chi connectivity index (χ2v) is 4.63. The molecular formula is C13H17N3O4. The normalized spacial score (nSPS) is 18.4. The van der Waals surface area contributed by atoms with Gasteiger partial charge in [0.25, 0.3) is 5.69 Å². The van der Waals surface area contributed by atoms with Gasteiger partial charge in [0.1, 0.15) is 5.75 Å². The number of methoxy groups -OCH3 is 1. The lowest BCUT2D eigenvalue weighted by Gasteiger charge is -2.22.